The largest absolute Gasteiger partial charge is 0.368 e. The van der Waals surface area contributed by atoms with Gasteiger partial charge in [0.2, 0.25) is 5.95 Å². The Morgan fingerprint density at radius 2 is 2.17 bits per heavy atom. The van der Waals surface area contributed by atoms with Crippen molar-refractivity contribution in [2.45, 2.75) is 6.54 Å². The Labute approximate surface area is 135 Å². The van der Waals surface area contributed by atoms with E-state index in [1.807, 2.05) is 30.5 Å². The number of aromatic nitrogens is 5. The molecular weight excluding hydrogens is 310 g/mol. The van der Waals surface area contributed by atoms with E-state index in [1.165, 1.54) is 0 Å². The molecular formula is C15H13N7S. The number of aromatic amines is 1. The van der Waals surface area contributed by atoms with Gasteiger partial charge in [0, 0.05) is 28.2 Å². The SMILES string of the molecule is Nc1nc(NCc2cncs2)c2ccc(-c3ccn[nH]3)cc2n1. The topological polar surface area (TPSA) is 105 Å². The smallest absolute Gasteiger partial charge is 0.222 e. The molecule has 0 bridgehead atoms. The molecule has 0 aliphatic rings. The number of benzene rings is 1. The minimum atomic E-state index is 0.242. The molecule has 0 radical (unpaired) electrons. The Morgan fingerprint density at radius 3 is 2.96 bits per heavy atom. The Morgan fingerprint density at radius 1 is 1.22 bits per heavy atom. The number of nitrogens with two attached hydrogens (primary N) is 1. The molecule has 0 atom stereocenters. The Hall–Kier alpha value is -3.00. The fourth-order valence-corrected chi connectivity index (χ4v) is 2.90. The number of nitrogen functional groups attached to an aromatic ring is 1. The lowest BCUT2D eigenvalue weighted by Crippen LogP contribution is -2.04. The van der Waals surface area contributed by atoms with Crippen LogP contribution in [0, 0.1) is 0 Å². The summed E-state index contributed by atoms with van der Waals surface area (Å²) in [5.74, 6) is 0.961. The standard InChI is InChI=1S/C15H13N7S/c16-15-20-13-5-9(12-3-4-19-22-12)1-2-11(13)14(21-15)18-7-10-6-17-8-23-10/h1-6,8H,7H2,(H,19,22)(H3,16,18,20,21). The lowest BCUT2D eigenvalue weighted by atomic mass is 10.1. The fraction of sp³-hybridized carbons (Fsp3) is 0.0667. The van der Waals surface area contributed by atoms with Crippen molar-refractivity contribution in [3.8, 4) is 11.3 Å². The van der Waals surface area contributed by atoms with E-state index in [0.29, 0.717) is 6.54 Å². The van der Waals surface area contributed by atoms with Crippen molar-refractivity contribution in [2.24, 2.45) is 0 Å². The van der Waals surface area contributed by atoms with E-state index < -0.39 is 0 Å². The van der Waals surface area contributed by atoms with Gasteiger partial charge in [0.1, 0.15) is 5.82 Å². The lowest BCUT2D eigenvalue weighted by Gasteiger charge is -2.09. The summed E-state index contributed by atoms with van der Waals surface area (Å²) in [6.45, 7) is 0.651. The van der Waals surface area contributed by atoms with Crippen molar-refractivity contribution in [1.29, 1.82) is 0 Å². The maximum absolute atomic E-state index is 5.85. The second-order valence-electron chi connectivity index (χ2n) is 4.95. The molecule has 0 amide bonds. The van der Waals surface area contributed by atoms with Gasteiger partial charge >= 0.3 is 0 Å². The molecule has 0 saturated heterocycles. The van der Waals surface area contributed by atoms with Crippen LogP contribution in [-0.2, 0) is 6.54 Å². The van der Waals surface area contributed by atoms with Crippen molar-refractivity contribution in [3.63, 3.8) is 0 Å². The van der Waals surface area contributed by atoms with Crippen molar-refractivity contribution >= 4 is 34.0 Å². The molecule has 0 fully saturated rings. The highest BCUT2D eigenvalue weighted by atomic mass is 32.1. The molecule has 3 heterocycles. The predicted molar refractivity (Wildman–Crippen MR) is 91.0 cm³/mol. The summed E-state index contributed by atoms with van der Waals surface area (Å²) in [7, 11) is 0. The number of anilines is 2. The van der Waals surface area contributed by atoms with Gasteiger partial charge in [-0.15, -0.1) is 11.3 Å². The van der Waals surface area contributed by atoms with E-state index in [4.69, 9.17) is 5.73 Å². The molecule has 3 aromatic heterocycles. The van der Waals surface area contributed by atoms with Gasteiger partial charge in [-0.3, -0.25) is 10.1 Å². The van der Waals surface area contributed by atoms with Crippen LogP contribution in [0.25, 0.3) is 22.2 Å². The van der Waals surface area contributed by atoms with E-state index in [9.17, 15) is 0 Å². The average Bonchev–Trinajstić information content (AvgIpc) is 3.25. The van der Waals surface area contributed by atoms with Crippen LogP contribution in [-0.4, -0.2) is 25.1 Å². The normalized spacial score (nSPS) is 11.0. The number of thiazole rings is 1. The minimum Gasteiger partial charge on any atom is -0.368 e. The molecule has 0 aliphatic carbocycles. The van der Waals surface area contributed by atoms with Gasteiger partial charge in [0.25, 0.3) is 0 Å². The molecule has 8 heteroatoms. The number of fused-ring (bicyclic) bond motifs is 1. The summed E-state index contributed by atoms with van der Waals surface area (Å²) in [5.41, 5.74) is 10.4. The lowest BCUT2D eigenvalue weighted by molar-refractivity contribution is 1.09. The van der Waals surface area contributed by atoms with E-state index in [-0.39, 0.29) is 5.95 Å². The van der Waals surface area contributed by atoms with Crippen molar-refractivity contribution in [2.75, 3.05) is 11.1 Å². The monoisotopic (exact) mass is 323 g/mol. The molecule has 0 unspecified atom stereocenters. The summed E-state index contributed by atoms with van der Waals surface area (Å²) in [6.07, 6.45) is 3.55. The van der Waals surface area contributed by atoms with Crippen molar-refractivity contribution in [1.82, 2.24) is 25.1 Å². The molecule has 4 N–H and O–H groups in total. The molecule has 4 rings (SSSR count). The highest BCUT2D eigenvalue weighted by molar-refractivity contribution is 7.09. The maximum atomic E-state index is 5.85. The first-order valence-corrected chi connectivity index (χ1v) is 7.86. The van der Waals surface area contributed by atoms with E-state index >= 15 is 0 Å². The first-order chi connectivity index (χ1) is 11.3. The summed E-state index contributed by atoms with van der Waals surface area (Å²) in [5, 5.41) is 11.1. The van der Waals surface area contributed by atoms with Gasteiger partial charge in [-0.1, -0.05) is 6.07 Å². The number of nitrogens with one attached hydrogen (secondary N) is 2. The average molecular weight is 323 g/mol. The van der Waals surface area contributed by atoms with Gasteiger partial charge in [0.05, 0.1) is 23.3 Å². The number of rotatable bonds is 4. The zero-order valence-electron chi connectivity index (χ0n) is 12.0. The van der Waals surface area contributed by atoms with Gasteiger partial charge < -0.3 is 11.1 Å². The van der Waals surface area contributed by atoms with Crippen LogP contribution in [0.3, 0.4) is 0 Å². The highest BCUT2D eigenvalue weighted by Gasteiger charge is 2.09. The van der Waals surface area contributed by atoms with Crippen LogP contribution < -0.4 is 11.1 Å². The van der Waals surface area contributed by atoms with E-state index in [1.54, 1.807) is 23.0 Å². The third-order valence-electron chi connectivity index (χ3n) is 3.44. The van der Waals surface area contributed by atoms with Gasteiger partial charge in [-0.25, -0.2) is 4.98 Å². The molecule has 4 aromatic rings. The second-order valence-corrected chi connectivity index (χ2v) is 5.92. The van der Waals surface area contributed by atoms with Gasteiger partial charge in [0.15, 0.2) is 0 Å². The zero-order chi connectivity index (χ0) is 15.6. The summed E-state index contributed by atoms with van der Waals surface area (Å²) < 4.78 is 0. The fourth-order valence-electron chi connectivity index (χ4n) is 2.37. The molecule has 1 aromatic carbocycles. The Balaban J connectivity index is 1.73. The number of hydrogen-bond donors (Lipinski definition) is 3. The quantitative estimate of drug-likeness (QED) is 0.533. The molecule has 114 valence electrons. The van der Waals surface area contributed by atoms with Crippen molar-refractivity contribution in [3.05, 3.63) is 47.0 Å². The first kappa shape index (κ1) is 13.6. The highest BCUT2D eigenvalue weighted by Crippen LogP contribution is 2.26. The van der Waals surface area contributed by atoms with Crippen molar-refractivity contribution < 1.29 is 0 Å². The third-order valence-corrected chi connectivity index (χ3v) is 4.22. The predicted octanol–water partition coefficient (Wildman–Crippen LogP) is 2.67. The molecule has 0 aliphatic heterocycles. The first-order valence-electron chi connectivity index (χ1n) is 6.98. The summed E-state index contributed by atoms with van der Waals surface area (Å²) in [4.78, 5) is 13.8. The maximum Gasteiger partial charge on any atom is 0.222 e. The van der Waals surface area contributed by atoms with Gasteiger partial charge in [-0.2, -0.15) is 10.1 Å². The van der Waals surface area contributed by atoms with Crippen LogP contribution in [0.2, 0.25) is 0 Å². The summed E-state index contributed by atoms with van der Waals surface area (Å²) >= 11 is 1.59. The number of hydrogen-bond acceptors (Lipinski definition) is 7. The zero-order valence-corrected chi connectivity index (χ0v) is 12.8. The van der Waals surface area contributed by atoms with Crippen LogP contribution in [0.15, 0.2) is 42.2 Å². The van der Waals surface area contributed by atoms with Crippen LogP contribution in [0.5, 0.6) is 0 Å². The Kier molecular flexibility index (Phi) is 3.35. The number of nitrogens with zero attached hydrogens (tertiary/aromatic N) is 4. The minimum absolute atomic E-state index is 0.242. The summed E-state index contributed by atoms with van der Waals surface area (Å²) in [6, 6.07) is 7.88. The van der Waals surface area contributed by atoms with Gasteiger partial charge in [-0.05, 0) is 18.2 Å². The molecule has 7 nitrogen and oxygen atoms in total. The van der Waals surface area contributed by atoms with E-state index in [0.717, 1.165) is 32.9 Å². The van der Waals surface area contributed by atoms with Crippen LogP contribution >= 0.6 is 11.3 Å². The second kappa shape index (κ2) is 5.65. The molecule has 0 spiro atoms. The third kappa shape index (κ3) is 2.71. The number of H-pyrrole nitrogens is 1. The van der Waals surface area contributed by atoms with Crippen LogP contribution in [0.4, 0.5) is 11.8 Å². The molecule has 23 heavy (non-hydrogen) atoms. The Bertz CT molecular complexity index is 932. The molecule has 0 saturated carbocycles. The van der Waals surface area contributed by atoms with E-state index in [2.05, 4.69) is 30.5 Å². The van der Waals surface area contributed by atoms with Crippen LogP contribution in [0.1, 0.15) is 4.88 Å².